The maximum atomic E-state index is 13.3. The van der Waals surface area contributed by atoms with Crippen LogP contribution in [-0.4, -0.2) is 68.2 Å². The van der Waals surface area contributed by atoms with Gasteiger partial charge in [0, 0.05) is 49.4 Å². The molecule has 9 heteroatoms. The fourth-order valence-corrected chi connectivity index (χ4v) is 5.16. The summed E-state index contributed by atoms with van der Waals surface area (Å²) in [7, 11) is 1.38. The van der Waals surface area contributed by atoms with Gasteiger partial charge in [0.25, 0.3) is 11.8 Å². The highest BCUT2D eigenvalue weighted by atomic mass is 16.5. The molecule has 2 fully saturated rings. The molecule has 1 saturated heterocycles. The van der Waals surface area contributed by atoms with Crippen molar-refractivity contribution in [2.45, 2.75) is 64.0 Å². The van der Waals surface area contributed by atoms with Gasteiger partial charge in [-0.15, -0.1) is 0 Å². The molecule has 3 amide bonds. The summed E-state index contributed by atoms with van der Waals surface area (Å²) in [5, 5.41) is 6.18. The molecule has 0 spiro atoms. The smallest absolute Gasteiger partial charge is 0.409 e. The minimum Gasteiger partial charge on any atom is -0.453 e. The number of piperazine rings is 1. The Balaban J connectivity index is 1.55. The van der Waals surface area contributed by atoms with E-state index in [1.54, 1.807) is 17.0 Å². The molecule has 2 aromatic carbocycles. The Kier molecular flexibility index (Phi) is 8.80. The molecule has 4 rings (SSSR count). The Labute approximate surface area is 231 Å². The lowest BCUT2D eigenvalue weighted by Gasteiger charge is -2.36. The SMILES string of the molecule is COC(=O)N1CCN(c2ccc(C(=O)NC3CCC(N)CC3)cc2NC(=O)c2ccc(C(C)(C)C)cc2)CC1. The van der Waals surface area contributed by atoms with Crippen molar-refractivity contribution >= 4 is 29.3 Å². The number of carbonyl (C=O) groups is 3. The number of nitrogens with zero attached hydrogens (tertiary/aromatic N) is 2. The second kappa shape index (κ2) is 12.1. The molecule has 2 aliphatic rings. The Morgan fingerprint density at radius 3 is 2.08 bits per heavy atom. The van der Waals surface area contributed by atoms with Crippen molar-refractivity contribution in [2.24, 2.45) is 5.73 Å². The zero-order valence-corrected chi connectivity index (χ0v) is 23.5. The Bertz CT molecular complexity index is 1170. The van der Waals surface area contributed by atoms with Crippen LogP contribution in [0.2, 0.25) is 0 Å². The summed E-state index contributed by atoms with van der Waals surface area (Å²) in [5.74, 6) is -0.411. The fourth-order valence-electron chi connectivity index (χ4n) is 5.16. The fraction of sp³-hybridized carbons (Fsp3) is 0.500. The number of nitrogens with two attached hydrogens (primary N) is 1. The third-order valence-electron chi connectivity index (χ3n) is 7.68. The van der Waals surface area contributed by atoms with E-state index in [1.807, 2.05) is 30.3 Å². The first-order valence-corrected chi connectivity index (χ1v) is 13.8. The van der Waals surface area contributed by atoms with Crippen LogP contribution in [0.25, 0.3) is 0 Å². The van der Waals surface area contributed by atoms with Crippen LogP contribution in [0.5, 0.6) is 0 Å². The molecular weight excluding hydrogens is 494 g/mol. The summed E-state index contributed by atoms with van der Waals surface area (Å²) < 4.78 is 4.86. The number of carbonyl (C=O) groups excluding carboxylic acids is 3. The standard InChI is InChI=1S/C30H41N5O4/c1-30(2,3)22-8-5-20(6-9-22)27(36)33-25-19-21(28(37)32-24-12-10-23(31)11-13-24)7-14-26(25)34-15-17-35(18-16-34)29(38)39-4/h5-9,14,19,23-24H,10-13,15-18,31H2,1-4H3,(H,32,37)(H,33,36). The monoisotopic (exact) mass is 535 g/mol. The van der Waals surface area contributed by atoms with E-state index in [9.17, 15) is 14.4 Å². The lowest BCUT2D eigenvalue weighted by molar-refractivity contribution is 0.0924. The largest absolute Gasteiger partial charge is 0.453 e. The van der Waals surface area contributed by atoms with Gasteiger partial charge in [0.05, 0.1) is 18.5 Å². The van der Waals surface area contributed by atoms with Gasteiger partial charge < -0.3 is 30.9 Å². The minimum atomic E-state index is -0.349. The number of ether oxygens (including phenoxy) is 1. The number of rotatable bonds is 5. The molecule has 0 bridgehead atoms. The Morgan fingerprint density at radius 2 is 1.49 bits per heavy atom. The summed E-state index contributed by atoms with van der Waals surface area (Å²) in [6.07, 6.45) is 3.18. The van der Waals surface area contributed by atoms with Crippen molar-refractivity contribution in [1.29, 1.82) is 0 Å². The zero-order chi connectivity index (χ0) is 28.2. The van der Waals surface area contributed by atoms with Crippen LogP contribution in [-0.2, 0) is 10.2 Å². The van der Waals surface area contributed by atoms with Gasteiger partial charge in [-0.2, -0.15) is 0 Å². The summed E-state index contributed by atoms with van der Waals surface area (Å²) in [6.45, 7) is 8.55. The Morgan fingerprint density at radius 1 is 0.872 bits per heavy atom. The molecule has 39 heavy (non-hydrogen) atoms. The van der Waals surface area contributed by atoms with Crippen LogP contribution < -0.4 is 21.3 Å². The highest BCUT2D eigenvalue weighted by molar-refractivity contribution is 6.07. The van der Waals surface area contributed by atoms with Crippen molar-refractivity contribution < 1.29 is 19.1 Å². The van der Waals surface area contributed by atoms with Crippen LogP contribution >= 0.6 is 0 Å². The number of hydrogen-bond donors (Lipinski definition) is 3. The van der Waals surface area contributed by atoms with Gasteiger partial charge in [0.1, 0.15) is 0 Å². The van der Waals surface area contributed by atoms with Crippen molar-refractivity contribution in [2.75, 3.05) is 43.5 Å². The highest BCUT2D eigenvalue weighted by Crippen LogP contribution is 2.30. The van der Waals surface area contributed by atoms with Crippen LogP contribution in [0.4, 0.5) is 16.2 Å². The number of benzene rings is 2. The van der Waals surface area contributed by atoms with E-state index in [4.69, 9.17) is 10.5 Å². The quantitative estimate of drug-likeness (QED) is 0.530. The van der Waals surface area contributed by atoms with E-state index in [0.29, 0.717) is 43.0 Å². The van der Waals surface area contributed by atoms with Gasteiger partial charge in [-0.1, -0.05) is 32.9 Å². The van der Waals surface area contributed by atoms with Gasteiger partial charge in [0.15, 0.2) is 0 Å². The van der Waals surface area contributed by atoms with E-state index >= 15 is 0 Å². The van der Waals surface area contributed by atoms with Crippen molar-refractivity contribution in [3.63, 3.8) is 0 Å². The third-order valence-corrected chi connectivity index (χ3v) is 7.68. The normalized spacial score (nSPS) is 19.8. The van der Waals surface area contributed by atoms with E-state index in [-0.39, 0.29) is 35.4 Å². The molecule has 9 nitrogen and oxygen atoms in total. The summed E-state index contributed by atoms with van der Waals surface area (Å²) >= 11 is 0. The topological polar surface area (TPSA) is 117 Å². The highest BCUT2D eigenvalue weighted by Gasteiger charge is 2.25. The van der Waals surface area contributed by atoms with Crippen LogP contribution in [0.15, 0.2) is 42.5 Å². The van der Waals surface area contributed by atoms with E-state index in [2.05, 4.69) is 36.3 Å². The first kappa shape index (κ1) is 28.4. The molecule has 1 aliphatic carbocycles. The number of anilines is 2. The van der Waals surface area contributed by atoms with E-state index in [1.165, 1.54) is 7.11 Å². The van der Waals surface area contributed by atoms with Crippen molar-refractivity contribution in [3.8, 4) is 0 Å². The second-order valence-electron chi connectivity index (χ2n) is 11.5. The molecule has 0 unspecified atom stereocenters. The van der Waals surface area contributed by atoms with Gasteiger partial charge in [-0.3, -0.25) is 9.59 Å². The summed E-state index contributed by atoms with van der Waals surface area (Å²) in [6, 6.07) is 13.3. The first-order chi connectivity index (χ1) is 18.5. The van der Waals surface area contributed by atoms with Crippen LogP contribution in [0, 0.1) is 0 Å². The molecule has 4 N–H and O–H groups in total. The maximum absolute atomic E-state index is 13.3. The lowest BCUT2D eigenvalue weighted by Crippen LogP contribution is -2.49. The Hall–Kier alpha value is -3.59. The average molecular weight is 536 g/mol. The van der Waals surface area contributed by atoms with Gasteiger partial charge >= 0.3 is 6.09 Å². The van der Waals surface area contributed by atoms with Gasteiger partial charge in [-0.25, -0.2) is 4.79 Å². The number of nitrogens with one attached hydrogen (secondary N) is 2. The third kappa shape index (κ3) is 7.09. The second-order valence-corrected chi connectivity index (χ2v) is 11.5. The molecule has 210 valence electrons. The maximum Gasteiger partial charge on any atom is 0.409 e. The molecule has 0 aromatic heterocycles. The molecule has 2 aromatic rings. The number of amides is 3. The lowest BCUT2D eigenvalue weighted by atomic mass is 9.86. The summed E-state index contributed by atoms with van der Waals surface area (Å²) in [5.41, 5.74) is 9.54. The minimum absolute atomic E-state index is 0.0143. The van der Waals surface area contributed by atoms with Gasteiger partial charge in [0.2, 0.25) is 0 Å². The summed E-state index contributed by atoms with van der Waals surface area (Å²) in [4.78, 5) is 42.2. The van der Waals surface area contributed by atoms with E-state index < -0.39 is 0 Å². The molecule has 1 heterocycles. The first-order valence-electron chi connectivity index (χ1n) is 13.8. The van der Waals surface area contributed by atoms with Crippen LogP contribution in [0.3, 0.4) is 0 Å². The molecule has 1 saturated carbocycles. The van der Waals surface area contributed by atoms with Crippen molar-refractivity contribution in [1.82, 2.24) is 10.2 Å². The predicted molar refractivity (Wildman–Crippen MR) is 153 cm³/mol. The molecule has 1 aliphatic heterocycles. The van der Waals surface area contributed by atoms with E-state index in [0.717, 1.165) is 36.9 Å². The van der Waals surface area contributed by atoms with Crippen LogP contribution in [0.1, 0.15) is 72.7 Å². The average Bonchev–Trinajstić information content (AvgIpc) is 2.93. The molecule has 0 atom stereocenters. The molecular formula is C30H41N5O4. The zero-order valence-electron chi connectivity index (χ0n) is 23.5. The van der Waals surface area contributed by atoms with Crippen molar-refractivity contribution in [3.05, 3.63) is 59.2 Å². The number of methoxy groups -OCH3 is 1. The predicted octanol–water partition coefficient (Wildman–Crippen LogP) is 4.12. The number of hydrogen-bond acceptors (Lipinski definition) is 6. The van der Waals surface area contributed by atoms with Gasteiger partial charge in [-0.05, 0) is 67.0 Å². The molecule has 0 radical (unpaired) electrons.